The van der Waals surface area contributed by atoms with Crippen LogP contribution in [0.1, 0.15) is 46.1 Å². The quantitative estimate of drug-likeness (QED) is 0.453. The topological polar surface area (TPSA) is 50.4 Å². The Bertz CT molecular complexity index is 781. The molecule has 2 aromatic rings. The van der Waals surface area contributed by atoms with Crippen LogP contribution >= 0.6 is 0 Å². The average Bonchev–Trinajstić information content (AvgIpc) is 3.13. The Morgan fingerprint density at radius 2 is 1.59 bits per heavy atom. The number of aromatic amines is 1. The molecule has 0 spiro atoms. The summed E-state index contributed by atoms with van der Waals surface area (Å²) in [6.07, 6.45) is 2.44. The van der Waals surface area contributed by atoms with Gasteiger partial charge in [0.25, 0.3) is 0 Å². The number of aromatic nitrogens is 2. The molecule has 2 heterocycles. The summed E-state index contributed by atoms with van der Waals surface area (Å²) >= 11 is 0. The normalized spacial score (nSPS) is 16.1. The molecule has 0 atom stereocenters. The minimum atomic E-state index is 0.753. The lowest BCUT2D eigenvalue weighted by atomic mass is 10.1. The SMILES string of the molecule is Cc1ccc2nc(NCCCN3CCN(CCCN(CC(C)C)CC(C)C)CC3)[nH]c2c1. The Labute approximate surface area is 195 Å². The van der Waals surface area contributed by atoms with Crippen molar-refractivity contribution in [1.82, 2.24) is 24.7 Å². The molecular weight excluding hydrogens is 396 g/mol. The van der Waals surface area contributed by atoms with Gasteiger partial charge < -0.3 is 25.0 Å². The van der Waals surface area contributed by atoms with Gasteiger partial charge in [0.2, 0.25) is 5.95 Å². The molecule has 6 heteroatoms. The smallest absolute Gasteiger partial charge is 0.201 e. The zero-order valence-corrected chi connectivity index (χ0v) is 21.2. The first-order chi connectivity index (χ1) is 15.4. The van der Waals surface area contributed by atoms with E-state index in [2.05, 4.69) is 82.8 Å². The number of anilines is 1. The molecule has 1 aromatic heterocycles. The Balaban J connectivity index is 1.27. The van der Waals surface area contributed by atoms with Gasteiger partial charge in [-0.15, -0.1) is 0 Å². The summed E-state index contributed by atoms with van der Waals surface area (Å²) in [6, 6.07) is 6.34. The second kappa shape index (κ2) is 12.6. The van der Waals surface area contributed by atoms with E-state index in [-0.39, 0.29) is 0 Å². The fourth-order valence-electron chi connectivity index (χ4n) is 4.76. The monoisotopic (exact) mass is 442 g/mol. The molecule has 6 nitrogen and oxygen atoms in total. The molecule has 32 heavy (non-hydrogen) atoms. The number of imidazole rings is 1. The van der Waals surface area contributed by atoms with Crippen molar-refractivity contribution in [2.75, 3.05) is 70.8 Å². The van der Waals surface area contributed by atoms with Crippen LogP contribution in [0.15, 0.2) is 18.2 Å². The number of nitrogens with zero attached hydrogens (tertiary/aromatic N) is 4. The molecule has 3 rings (SSSR count). The standard InChI is InChI=1S/C26H46N6/c1-21(2)19-32(20-22(3)4)13-7-12-31-16-14-30(15-17-31)11-6-10-27-26-28-24-9-8-23(5)18-25(24)29-26/h8-9,18,21-22H,6-7,10-17,19-20H2,1-5H3,(H2,27,28,29). The van der Waals surface area contributed by atoms with E-state index >= 15 is 0 Å². The van der Waals surface area contributed by atoms with Crippen molar-refractivity contribution in [3.63, 3.8) is 0 Å². The van der Waals surface area contributed by atoms with E-state index in [0.717, 1.165) is 48.3 Å². The van der Waals surface area contributed by atoms with Crippen molar-refractivity contribution in [3.8, 4) is 0 Å². The highest BCUT2D eigenvalue weighted by Gasteiger charge is 2.17. The highest BCUT2D eigenvalue weighted by molar-refractivity contribution is 5.78. The van der Waals surface area contributed by atoms with Crippen LogP contribution in [0.2, 0.25) is 0 Å². The molecule has 1 fully saturated rings. The molecule has 0 bridgehead atoms. The Morgan fingerprint density at radius 1 is 0.969 bits per heavy atom. The van der Waals surface area contributed by atoms with Crippen LogP contribution in [0, 0.1) is 18.8 Å². The highest BCUT2D eigenvalue weighted by Crippen LogP contribution is 2.15. The lowest BCUT2D eigenvalue weighted by Crippen LogP contribution is -2.47. The summed E-state index contributed by atoms with van der Waals surface area (Å²) in [7, 11) is 0. The van der Waals surface area contributed by atoms with Gasteiger partial charge in [-0.3, -0.25) is 0 Å². The Kier molecular flexibility index (Phi) is 9.82. The van der Waals surface area contributed by atoms with Crippen molar-refractivity contribution in [2.24, 2.45) is 11.8 Å². The summed E-state index contributed by atoms with van der Waals surface area (Å²) < 4.78 is 0. The number of piperazine rings is 1. The van der Waals surface area contributed by atoms with Gasteiger partial charge in [0, 0.05) is 45.8 Å². The van der Waals surface area contributed by atoms with Crippen molar-refractivity contribution in [2.45, 2.75) is 47.5 Å². The van der Waals surface area contributed by atoms with Gasteiger partial charge >= 0.3 is 0 Å². The van der Waals surface area contributed by atoms with Gasteiger partial charge in [0.15, 0.2) is 0 Å². The second-order valence-electron chi connectivity index (χ2n) is 10.5. The first-order valence-corrected chi connectivity index (χ1v) is 12.8. The number of rotatable bonds is 13. The number of hydrogen-bond acceptors (Lipinski definition) is 5. The van der Waals surface area contributed by atoms with E-state index in [1.807, 2.05) is 0 Å². The molecule has 1 aliphatic rings. The van der Waals surface area contributed by atoms with Crippen LogP contribution in [-0.2, 0) is 0 Å². The van der Waals surface area contributed by atoms with Crippen LogP contribution in [0.25, 0.3) is 11.0 Å². The van der Waals surface area contributed by atoms with Gasteiger partial charge in [0.1, 0.15) is 0 Å². The molecule has 1 aromatic carbocycles. The molecule has 180 valence electrons. The van der Waals surface area contributed by atoms with Gasteiger partial charge in [-0.2, -0.15) is 0 Å². The molecular formula is C26H46N6. The summed E-state index contributed by atoms with van der Waals surface area (Å²) in [4.78, 5) is 16.0. The van der Waals surface area contributed by atoms with E-state index in [4.69, 9.17) is 0 Å². The first kappa shape index (κ1) is 25.0. The molecule has 1 aliphatic heterocycles. The van der Waals surface area contributed by atoms with Gasteiger partial charge in [0.05, 0.1) is 11.0 Å². The zero-order chi connectivity index (χ0) is 22.9. The maximum absolute atomic E-state index is 4.63. The summed E-state index contributed by atoms with van der Waals surface area (Å²) in [6.45, 7) is 23.3. The van der Waals surface area contributed by atoms with Crippen molar-refractivity contribution < 1.29 is 0 Å². The van der Waals surface area contributed by atoms with E-state index in [1.54, 1.807) is 0 Å². The number of nitrogens with one attached hydrogen (secondary N) is 2. The second-order valence-corrected chi connectivity index (χ2v) is 10.5. The van der Waals surface area contributed by atoms with Crippen LogP contribution in [-0.4, -0.2) is 90.1 Å². The minimum absolute atomic E-state index is 0.753. The number of benzene rings is 1. The minimum Gasteiger partial charge on any atom is -0.356 e. The summed E-state index contributed by atoms with van der Waals surface area (Å²) in [5.74, 6) is 2.39. The van der Waals surface area contributed by atoms with Crippen LogP contribution < -0.4 is 5.32 Å². The molecule has 0 unspecified atom stereocenters. The number of aryl methyl sites for hydroxylation is 1. The van der Waals surface area contributed by atoms with E-state index in [9.17, 15) is 0 Å². The maximum atomic E-state index is 4.63. The predicted molar refractivity (Wildman–Crippen MR) is 138 cm³/mol. The third-order valence-corrected chi connectivity index (χ3v) is 6.24. The third kappa shape index (κ3) is 8.38. The number of fused-ring (bicyclic) bond motifs is 1. The molecule has 0 saturated carbocycles. The fraction of sp³-hybridized carbons (Fsp3) is 0.731. The van der Waals surface area contributed by atoms with Gasteiger partial charge in [-0.25, -0.2) is 4.98 Å². The number of hydrogen-bond donors (Lipinski definition) is 2. The average molecular weight is 443 g/mol. The van der Waals surface area contributed by atoms with Crippen LogP contribution in [0.4, 0.5) is 5.95 Å². The summed E-state index contributed by atoms with van der Waals surface area (Å²) in [5, 5.41) is 3.46. The lowest BCUT2D eigenvalue weighted by Gasteiger charge is -2.35. The third-order valence-electron chi connectivity index (χ3n) is 6.24. The van der Waals surface area contributed by atoms with Crippen molar-refractivity contribution in [3.05, 3.63) is 23.8 Å². The summed E-state index contributed by atoms with van der Waals surface area (Å²) in [5.41, 5.74) is 3.40. The highest BCUT2D eigenvalue weighted by atomic mass is 15.3. The fourth-order valence-corrected chi connectivity index (χ4v) is 4.76. The van der Waals surface area contributed by atoms with Crippen molar-refractivity contribution >= 4 is 17.0 Å². The van der Waals surface area contributed by atoms with Crippen LogP contribution in [0.5, 0.6) is 0 Å². The molecule has 1 saturated heterocycles. The largest absolute Gasteiger partial charge is 0.356 e. The van der Waals surface area contributed by atoms with Gasteiger partial charge in [-0.1, -0.05) is 33.8 Å². The zero-order valence-electron chi connectivity index (χ0n) is 21.2. The van der Waals surface area contributed by atoms with Crippen molar-refractivity contribution in [1.29, 1.82) is 0 Å². The molecule has 2 N–H and O–H groups in total. The predicted octanol–water partition coefficient (Wildman–Crippen LogP) is 4.30. The molecule has 0 aliphatic carbocycles. The Morgan fingerprint density at radius 3 is 2.22 bits per heavy atom. The first-order valence-electron chi connectivity index (χ1n) is 12.8. The van der Waals surface area contributed by atoms with E-state index < -0.39 is 0 Å². The van der Waals surface area contributed by atoms with Crippen LogP contribution in [0.3, 0.4) is 0 Å². The molecule has 0 radical (unpaired) electrons. The van der Waals surface area contributed by atoms with E-state index in [1.165, 1.54) is 64.3 Å². The lowest BCUT2D eigenvalue weighted by molar-refractivity contribution is 0.124. The van der Waals surface area contributed by atoms with E-state index in [0.29, 0.717) is 0 Å². The van der Waals surface area contributed by atoms with Gasteiger partial charge in [-0.05, 0) is 68.9 Å². The maximum Gasteiger partial charge on any atom is 0.201 e. The number of H-pyrrole nitrogens is 1. The molecule has 0 amide bonds. The Hall–Kier alpha value is -1.63.